The molecule has 1 aromatic rings. The standard InChI is InChI=1S/C32H43ClN2O11/c1-17-22-14-32(41,35-29(39)44-22)23(43-6)9-7-8-18(16-36)10-19-11-20(27(33)21(12-19)42-5)34-25(37)13-24(31(4)28(17)46-31)45-26(38)15-30(2,3)40/h7-9,11-12,17,22-24,28,36,40-41H,10,13-16H2,1-6H3,(H,34,37)(H,35,39)/b9-7-,18-8+/t17-,22+,23-,24?,28+,31+,32+/m1/s1. The Bertz CT molecular complexity index is 1390. The number of fused-ring (bicyclic) bond motifs is 5. The number of hydrogen-bond acceptors (Lipinski definition) is 11. The molecule has 0 saturated carbocycles. The molecule has 254 valence electrons. The van der Waals surface area contributed by atoms with Gasteiger partial charge in [0.1, 0.15) is 34.7 Å². The van der Waals surface area contributed by atoms with Crippen molar-refractivity contribution in [1.29, 1.82) is 0 Å². The maximum Gasteiger partial charge on any atom is 0.409 e. The molecule has 14 heteroatoms. The normalized spacial score (nSPS) is 33.7. The molecule has 3 aliphatic rings. The zero-order chi connectivity index (χ0) is 34.0. The van der Waals surface area contributed by atoms with Gasteiger partial charge in [-0.3, -0.25) is 14.9 Å². The number of hydrogen-bond donors (Lipinski definition) is 5. The first kappa shape index (κ1) is 35.7. The molecule has 13 nitrogen and oxygen atoms in total. The number of amides is 2. The number of alkyl carbamates (subject to hydrolysis) is 1. The highest BCUT2D eigenvalue weighted by Crippen LogP contribution is 2.49. The van der Waals surface area contributed by atoms with Gasteiger partial charge in [-0.15, -0.1) is 0 Å². The smallest absolute Gasteiger partial charge is 0.409 e. The van der Waals surface area contributed by atoms with Crippen molar-refractivity contribution in [2.75, 3.05) is 26.1 Å². The Morgan fingerprint density at radius 1 is 1.24 bits per heavy atom. The third-order valence-electron chi connectivity index (χ3n) is 8.47. The zero-order valence-corrected chi connectivity index (χ0v) is 27.6. The van der Waals surface area contributed by atoms with Crippen LogP contribution in [-0.4, -0.2) is 95.5 Å². The molecular formula is C32H43ClN2O11. The number of halogens is 1. The average Bonchev–Trinajstić information content (AvgIpc) is 3.65. The quantitative estimate of drug-likeness (QED) is 0.222. The summed E-state index contributed by atoms with van der Waals surface area (Å²) in [5, 5.41) is 37.3. The van der Waals surface area contributed by atoms with Gasteiger partial charge >= 0.3 is 12.1 Å². The van der Waals surface area contributed by atoms with Crippen LogP contribution in [0.15, 0.2) is 35.9 Å². The van der Waals surface area contributed by atoms with Gasteiger partial charge in [0, 0.05) is 19.4 Å². The minimum absolute atomic E-state index is 0.0803. The van der Waals surface area contributed by atoms with E-state index >= 15 is 0 Å². The Morgan fingerprint density at radius 2 is 1.96 bits per heavy atom. The molecular weight excluding hydrogens is 624 g/mol. The van der Waals surface area contributed by atoms with Crippen molar-refractivity contribution in [3.05, 3.63) is 46.5 Å². The largest absolute Gasteiger partial charge is 0.495 e. The van der Waals surface area contributed by atoms with E-state index in [1.807, 2.05) is 0 Å². The van der Waals surface area contributed by atoms with Crippen LogP contribution in [0.2, 0.25) is 5.02 Å². The number of anilines is 1. The second-order valence-corrected chi connectivity index (χ2v) is 13.2. The molecule has 2 fully saturated rings. The maximum absolute atomic E-state index is 13.5. The van der Waals surface area contributed by atoms with Gasteiger partial charge < -0.3 is 44.3 Å². The highest BCUT2D eigenvalue weighted by molar-refractivity contribution is 6.35. The predicted octanol–water partition coefficient (Wildman–Crippen LogP) is 2.78. The summed E-state index contributed by atoms with van der Waals surface area (Å²) in [4.78, 5) is 39.1. The van der Waals surface area contributed by atoms with Gasteiger partial charge in [0.15, 0.2) is 5.72 Å². The highest BCUT2D eigenvalue weighted by atomic mass is 35.5. The summed E-state index contributed by atoms with van der Waals surface area (Å²) in [5.41, 5.74) is -2.94. The number of carbonyl (C=O) groups is 3. The van der Waals surface area contributed by atoms with E-state index in [0.29, 0.717) is 11.1 Å². The number of rotatable bonds is 6. The number of nitrogens with one attached hydrogen (secondary N) is 2. The summed E-state index contributed by atoms with van der Waals surface area (Å²) < 4.78 is 28.4. The molecule has 1 aromatic carbocycles. The summed E-state index contributed by atoms with van der Waals surface area (Å²) in [6.45, 7) is 6.06. The molecule has 3 aliphatic heterocycles. The Balaban J connectivity index is 1.77. The van der Waals surface area contributed by atoms with Gasteiger partial charge in [-0.25, -0.2) is 4.79 Å². The number of ether oxygens (including phenoxy) is 5. The van der Waals surface area contributed by atoms with Crippen molar-refractivity contribution in [2.24, 2.45) is 5.92 Å². The Hall–Kier alpha value is -3.20. The molecule has 4 rings (SSSR count). The molecule has 4 bridgehead atoms. The minimum Gasteiger partial charge on any atom is -0.495 e. The summed E-state index contributed by atoms with van der Waals surface area (Å²) in [6.07, 6.45) is -0.175. The van der Waals surface area contributed by atoms with Crippen molar-refractivity contribution in [2.45, 2.75) is 94.7 Å². The van der Waals surface area contributed by atoms with Crippen molar-refractivity contribution in [1.82, 2.24) is 5.32 Å². The fourth-order valence-electron chi connectivity index (χ4n) is 5.98. The first-order chi connectivity index (χ1) is 21.5. The Kier molecular flexibility index (Phi) is 10.8. The molecule has 2 amide bonds. The van der Waals surface area contributed by atoms with Crippen molar-refractivity contribution >= 4 is 35.3 Å². The first-order valence-electron chi connectivity index (χ1n) is 15.0. The number of benzene rings is 1. The Morgan fingerprint density at radius 3 is 2.59 bits per heavy atom. The molecule has 0 spiro atoms. The lowest BCUT2D eigenvalue weighted by atomic mass is 9.83. The molecule has 0 radical (unpaired) electrons. The van der Waals surface area contributed by atoms with E-state index in [1.165, 1.54) is 28.1 Å². The third-order valence-corrected chi connectivity index (χ3v) is 8.86. The van der Waals surface area contributed by atoms with E-state index < -0.39 is 65.2 Å². The number of aliphatic hydroxyl groups excluding tert-OH is 1. The number of aliphatic hydroxyl groups is 3. The van der Waals surface area contributed by atoms with E-state index in [4.69, 9.17) is 35.3 Å². The summed E-state index contributed by atoms with van der Waals surface area (Å²) in [5.74, 6) is -1.53. The van der Waals surface area contributed by atoms with Gasteiger partial charge in [-0.2, -0.15) is 0 Å². The number of esters is 1. The van der Waals surface area contributed by atoms with E-state index in [0.717, 1.165) is 0 Å². The van der Waals surface area contributed by atoms with E-state index in [9.17, 15) is 29.7 Å². The molecule has 5 N–H and O–H groups in total. The summed E-state index contributed by atoms with van der Waals surface area (Å²) in [7, 11) is 2.82. The summed E-state index contributed by atoms with van der Waals surface area (Å²) >= 11 is 6.55. The van der Waals surface area contributed by atoms with Crippen LogP contribution in [0.3, 0.4) is 0 Å². The molecule has 0 aromatic heterocycles. The van der Waals surface area contributed by atoms with Crippen LogP contribution in [0.25, 0.3) is 0 Å². The molecule has 46 heavy (non-hydrogen) atoms. The number of methoxy groups -OCH3 is 2. The predicted molar refractivity (Wildman–Crippen MR) is 166 cm³/mol. The fraction of sp³-hybridized carbons (Fsp3) is 0.594. The number of epoxide rings is 1. The van der Waals surface area contributed by atoms with Crippen molar-refractivity contribution in [3.63, 3.8) is 0 Å². The lowest BCUT2D eigenvalue weighted by molar-refractivity contribution is -0.157. The molecule has 1 unspecified atom stereocenters. The van der Waals surface area contributed by atoms with Gasteiger partial charge in [0.2, 0.25) is 5.91 Å². The molecule has 0 aliphatic carbocycles. The summed E-state index contributed by atoms with van der Waals surface area (Å²) in [6, 6.07) is 3.33. The van der Waals surface area contributed by atoms with Gasteiger partial charge in [-0.05, 0) is 50.5 Å². The van der Waals surface area contributed by atoms with E-state index in [2.05, 4.69) is 10.6 Å². The molecule has 7 atom stereocenters. The topological polar surface area (TPSA) is 185 Å². The van der Waals surface area contributed by atoms with Gasteiger partial charge in [0.25, 0.3) is 0 Å². The monoisotopic (exact) mass is 666 g/mol. The van der Waals surface area contributed by atoms with Crippen LogP contribution >= 0.6 is 11.6 Å². The second kappa shape index (κ2) is 13.9. The van der Waals surface area contributed by atoms with Crippen molar-refractivity contribution in [3.8, 4) is 5.75 Å². The van der Waals surface area contributed by atoms with Crippen LogP contribution in [0.5, 0.6) is 5.75 Å². The Labute approximate surface area is 272 Å². The minimum atomic E-state index is -1.86. The SMILES string of the molecule is COc1cc2cc(c1Cl)NC(=O)CC(OC(=O)CC(C)(C)O)[C@]1(C)O[C@H]1[C@H](C)[C@@H]1C[C@@](O)(NC(=O)O1)[C@H](OC)/C=C\C=C(\CO)C2. The maximum atomic E-state index is 13.5. The third kappa shape index (κ3) is 8.20. The fourth-order valence-corrected chi connectivity index (χ4v) is 6.22. The van der Waals surface area contributed by atoms with E-state index in [1.54, 1.807) is 44.2 Å². The van der Waals surface area contributed by atoms with Crippen molar-refractivity contribution < 1.29 is 53.4 Å². The molecule has 2 saturated heterocycles. The van der Waals surface area contributed by atoms with Gasteiger partial charge in [-0.1, -0.05) is 36.8 Å². The number of carbonyl (C=O) groups excluding carboxylic acids is 3. The van der Waals surface area contributed by atoms with Crippen LogP contribution in [0.1, 0.15) is 52.5 Å². The average molecular weight is 667 g/mol. The van der Waals surface area contributed by atoms with Gasteiger partial charge in [0.05, 0.1) is 44.0 Å². The van der Waals surface area contributed by atoms with Crippen LogP contribution < -0.4 is 15.4 Å². The van der Waals surface area contributed by atoms with Crippen LogP contribution in [-0.2, 0) is 35.0 Å². The van der Waals surface area contributed by atoms with Crippen LogP contribution in [0, 0.1) is 5.92 Å². The van der Waals surface area contributed by atoms with Crippen LogP contribution in [0.4, 0.5) is 10.5 Å². The highest BCUT2D eigenvalue weighted by Gasteiger charge is 2.64. The zero-order valence-electron chi connectivity index (χ0n) is 26.8. The van der Waals surface area contributed by atoms with E-state index in [-0.39, 0.29) is 48.7 Å². The lowest BCUT2D eigenvalue weighted by Crippen LogP contribution is -2.63. The second-order valence-electron chi connectivity index (χ2n) is 12.9. The molecule has 3 heterocycles. The first-order valence-corrected chi connectivity index (χ1v) is 15.4. The number of allylic oxidation sites excluding steroid dienone is 2. The lowest BCUT2D eigenvalue weighted by Gasteiger charge is -2.42.